The predicted octanol–water partition coefficient (Wildman–Crippen LogP) is 0.962. The number of aromatic carboxylic acids is 1. The molecule has 0 bridgehead atoms. The number of nitrogens with zero attached hydrogens (tertiary/aromatic N) is 2. The largest absolute Gasteiger partial charge is 0.478 e. The maximum absolute atomic E-state index is 12.1. The van der Waals surface area contributed by atoms with Crippen molar-refractivity contribution >= 4 is 16.0 Å². The Morgan fingerprint density at radius 1 is 1.33 bits per heavy atom. The number of benzene rings is 1. The lowest BCUT2D eigenvalue weighted by Crippen LogP contribution is -2.24. The third kappa shape index (κ3) is 3.61. The Labute approximate surface area is 121 Å². The second-order valence-corrected chi connectivity index (χ2v) is 6.07. The van der Waals surface area contributed by atoms with Crippen LogP contribution < -0.4 is 4.72 Å². The number of hydrogen-bond donors (Lipinski definition) is 2. The lowest BCUT2D eigenvalue weighted by atomic mass is 10.1. The van der Waals surface area contributed by atoms with Crippen molar-refractivity contribution in [3.05, 3.63) is 53.6 Å². The van der Waals surface area contributed by atoms with E-state index in [1.165, 1.54) is 24.7 Å². The molecule has 2 rings (SSSR count). The molecule has 8 heteroatoms. The van der Waals surface area contributed by atoms with E-state index in [9.17, 15) is 13.2 Å². The summed E-state index contributed by atoms with van der Waals surface area (Å²) in [5.41, 5.74) is 0.969. The van der Waals surface area contributed by atoms with Gasteiger partial charge >= 0.3 is 5.97 Å². The Bertz CT molecular complexity index is 760. The Balaban J connectivity index is 2.24. The van der Waals surface area contributed by atoms with E-state index in [0.29, 0.717) is 11.3 Å². The zero-order chi connectivity index (χ0) is 15.5. The van der Waals surface area contributed by atoms with Gasteiger partial charge in [0, 0.05) is 6.20 Å². The molecule has 0 atom stereocenters. The number of aromatic nitrogens is 2. The fourth-order valence-corrected chi connectivity index (χ4v) is 2.70. The van der Waals surface area contributed by atoms with E-state index in [0.717, 1.165) is 6.07 Å². The molecule has 7 nitrogen and oxygen atoms in total. The number of nitrogens with one attached hydrogen (secondary N) is 1. The van der Waals surface area contributed by atoms with Crippen LogP contribution >= 0.6 is 0 Å². The van der Waals surface area contributed by atoms with E-state index < -0.39 is 16.0 Å². The van der Waals surface area contributed by atoms with Crippen molar-refractivity contribution in [3.63, 3.8) is 0 Å². The van der Waals surface area contributed by atoms with Gasteiger partial charge in [0.1, 0.15) is 6.33 Å². The number of sulfonamides is 1. The molecule has 1 aromatic heterocycles. The van der Waals surface area contributed by atoms with Crippen molar-refractivity contribution in [1.29, 1.82) is 0 Å². The number of carboxylic acid groups (broad SMARTS) is 1. The number of carbonyl (C=O) groups is 1. The molecule has 0 spiro atoms. The molecule has 0 amide bonds. The summed E-state index contributed by atoms with van der Waals surface area (Å²) >= 11 is 0. The first-order valence-electron chi connectivity index (χ1n) is 5.98. The number of rotatable bonds is 5. The summed E-state index contributed by atoms with van der Waals surface area (Å²) < 4.78 is 26.7. The first kappa shape index (κ1) is 15.1. The fourth-order valence-electron chi connectivity index (χ4n) is 1.67. The molecule has 0 fully saturated rings. The normalized spacial score (nSPS) is 11.3. The van der Waals surface area contributed by atoms with Crippen molar-refractivity contribution in [2.75, 3.05) is 0 Å². The lowest BCUT2D eigenvalue weighted by Gasteiger charge is -2.08. The van der Waals surface area contributed by atoms with E-state index in [1.807, 2.05) is 0 Å². The minimum atomic E-state index is -3.80. The molecule has 0 aliphatic heterocycles. The molecular formula is C13H13N3O4S. The van der Waals surface area contributed by atoms with Gasteiger partial charge in [0.2, 0.25) is 10.0 Å². The highest BCUT2D eigenvalue weighted by Crippen LogP contribution is 2.16. The lowest BCUT2D eigenvalue weighted by molar-refractivity contribution is 0.0696. The van der Waals surface area contributed by atoms with Crippen LogP contribution in [0.25, 0.3) is 0 Å². The quantitative estimate of drug-likeness (QED) is 0.851. The molecule has 0 aliphatic carbocycles. The fraction of sp³-hybridized carbons (Fsp3) is 0.154. The zero-order valence-electron chi connectivity index (χ0n) is 11.1. The van der Waals surface area contributed by atoms with Gasteiger partial charge in [-0.25, -0.2) is 27.9 Å². The third-order valence-electron chi connectivity index (χ3n) is 2.84. The van der Waals surface area contributed by atoms with Crippen LogP contribution in [0.4, 0.5) is 0 Å². The minimum Gasteiger partial charge on any atom is -0.478 e. The van der Waals surface area contributed by atoms with Gasteiger partial charge < -0.3 is 5.11 Å². The molecule has 110 valence electrons. The Hall–Kier alpha value is -2.32. The van der Waals surface area contributed by atoms with Crippen molar-refractivity contribution in [2.45, 2.75) is 18.4 Å². The maximum Gasteiger partial charge on any atom is 0.335 e. The monoisotopic (exact) mass is 307 g/mol. The van der Waals surface area contributed by atoms with Gasteiger partial charge in [-0.1, -0.05) is 6.07 Å². The average Bonchev–Trinajstić information content (AvgIpc) is 2.46. The summed E-state index contributed by atoms with van der Waals surface area (Å²) in [4.78, 5) is 18.6. The Kier molecular flexibility index (Phi) is 4.29. The molecule has 2 N–H and O–H groups in total. The molecule has 1 aromatic carbocycles. The van der Waals surface area contributed by atoms with Crippen molar-refractivity contribution in [1.82, 2.24) is 14.7 Å². The van der Waals surface area contributed by atoms with Gasteiger partial charge in [0.05, 0.1) is 22.7 Å². The van der Waals surface area contributed by atoms with Gasteiger partial charge in [0.15, 0.2) is 0 Å². The molecule has 0 aliphatic rings. The van der Waals surface area contributed by atoms with E-state index in [4.69, 9.17) is 5.11 Å². The van der Waals surface area contributed by atoms with Crippen LogP contribution in [0.15, 0.2) is 41.7 Å². The molecule has 21 heavy (non-hydrogen) atoms. The van der Waals surface area contributed by atoms with E-state index in [-0.39, 0.29) is 17.0 Å². The highest BCUT2D eigenvalue weighted by molar-refractivity contribution is 7.89. The van der Waals surface area contributed by atoms with E-state index in [1.54, 1.807) is 13.0 Å². The van der Waals surface area contributed by atoms with Crippen molar-refractivity contribution in [3.8, 4) is 0 Å². The molecule has 1 heterocycles. The molecule has 0 unspecified atom stereocenters. The molecule has 0 saturated heterocycles. The van der Waals surface area contributed by atoms with Crippen LogP contribution in [0.5, 0.6) is 0 Å². The predicted molar refractivity (Wildman–Crippen MR) is 74.2 cm³/mol. The second kappa shape index (κ2) is 5.98. The molecule has 0 radical (unpaired) electrons. The van der Waals surface area contributed by atoms with Crippen LogP contribution in [-0.2, 0) is 16.6 Å². The zero-order valence-corrected chi connectivity index (χ0v) is 12.0. The maximum atomic E-state index is 12.1. The van der Waals surface area contributed by atoms with Crippen LogP contribution in [-0.4, -0.2) is 29.5 Å². The molecule has 0 saturated carbocycles. The highest BCUT2D eigenvalue weighted by Gasteiger charge is 2.17. The topological polar surface area (TPSA) is 109 Å². The van der Waals surface area contributed by atoms with Gasteiger partial charge in [-0.15, -0.1) is 0 Å². The summed E-state index contributed by atoms with van der Waals surface area (Å²) in [6.45, 7) is 1.61. The Morgan fingerprint density at radius 3 is 2.71 bits per heavy atom. The standard InChI is InChI=1S/C13H13N3O4S/c1-9-2-3-11(6-12(9)13(17)18)21(19,20)16-7-10-4-5-14-8-15-10/h2-6,8,16H,7H2,1H3,(H,17,18). The van der Waals surface area contributed by atoms with Gasteiger partial charge in [-0.05, 0) is 30.7 Å². The smallest absolute Gasteiger partial charge is 0.335 e. The van der Waals surface area contributed by atoms with Gasteiger partial charge in [0.25, 0.3) is 0 Å². The van der Waals surface area contributed by atoms with Crippen LogP contribution in [0, 0.1) is 6.92 Å². The molecule has 2 aromatic rings. The highest BCUT2D eigenvalue weighted by atomic mass is 32.2. The van der Waals surface area contributed by atoms with Crippen LogP contribution in [0.2, 0.25) is 0 Å². The summed E-state index contributed by atoms with van der Waals surface area (Å²) in [7, 11) is -3.80. The van der Waals surface area contributed by atoms with Gasteiger partial charge in [-0.3, -0.25) is 0 Å². The number of aryl methyl sites for hydroxylation is 1. The SMILES string of the molecule is Cc1ccc(S(=O)(=O)NCc2ccncn2)cc1C(=O)O. The average molecular weight is 307 g/mol. The second-order valence-electron chi connectivity index (χ2n) is 4.31. The summed E-state index contributed by atoms with van der Waals surface area (Å²) in [5.74, 6) is -1.17. The Morgan fingerprint density at radius 2 is 2.10 bits per heavy atom. The summed E-state index contributed by atoms with van der Waals surface area (Å²) in [6, 6.07) is 5.55. The minimum absolute atomic E-state index is 0.00113. The number of carboxylic acids is 1. The number of hydrogen-bond acceptors (Lipinski definition) is 5. The summed E-state index contributed by atoms with van der Waals surface area (Å²) in [5, 5.41) is 9.03. The third-order valence-corrected chi connectivity index (χ3v) is 4.24. The van der Waals surface area contributed by atoms with Crippen molar-refractivity contribution < 1.29 is 18.3 Å². The van der Waals surface area contributed by atoms with Gasteiger partial charge in [-0.2, -0.15) is 0 Å². The first-order chi connectivity index (χ1) is 9.90. The van der Waals surface area contributed by atoms with E-state index in [2.05, 4.69) is 14.7 Å². The molecular weight excluding hydrogens is 294 g/mol. The first-order valence-corrected chi connectivity index (χ1v) is 7.47. The van der Waals surface area contributed by atoms with E-state index >= 15 is 0 Å². The van der Waals surface area contributed by atoms with Crippen LogP contribution in [0.1, 0.15) is 21.6 Å². The summed E-state index contributed by atoms with van der Waals surface area (Å²) in [6.07, 6.45) is 2.82. The van der Waals surface area contributed by atoms with Crippen LogP contribution in [0.3, 0.4) is 0 Å². The van der Waals surface area contributed by atoms with Crippen molar-refractivity contribution in [2.24, 2.45) is 0 Å².